The van der Waals surface area contributed by atoms with Gasteiger partial charge in [0.1, 0.15) is 11.6 Å². The van der Waals surface area contributed by atoms with Crippen LogP contribution in [0, 0.1) is 11.6 Å². The molecule has 0 fully saturated rings. The quantitative estimate of drug-likeness (QED) is 0.902. The molecule has 0 aliphatic carbocycles. The summed E-state index contributed by atoms with van der Waals surface area (Å²) in [5.74, 6) is -0.663. The number of halogens is 3. The average molecular weight is 296 g/mol. The van der Waals surface area contributed by atoms with E-state index >= 15 is 0 Å². The van der Waals surface area contributed by atoms with Crippen LogP contribution < -0.4 is 5.73 Å². The minimum atomic E-state index is -0.664. The highest BCUT2D eigenvalue weighted by molar-refractivity contribution is 6.30. The van der Waals surface area contributed by atoms with E-state index in [0.29, 0.717) is 23.4 Å². The van der Waals surface area contributed by atoms with Crippen molar-refractivity contribution in [3.8, 4) is 0 Å². The molecule has 2 N–H and O–H groups in total. The maximum Gasteiger partial charge on any atom is 0.127 e. The lowest BCUT2D eigenvalue weighted by Crippen LogP contribution is -2.41. The smallest absolute Gasteiger partial charge is 0.127 e. The summed E-state index contributed by atoms with van der Waals surface area (Å²) in [6, 6.07) is 10.8. The van der Waals surface area contributed by atoms with Gasteiger partial charge in [0.2, 0.25) is 0 Å². The Morgan fingerprint density at radius 1 is 1.10 bits per heavy atom. The highest BCUT2D eigenvalue weighted by atomic mass is 35.5. The Morgan fingerprint density at radius 2 is 1.85 bits per heavy atom. The summed E-state index contributed by atoms with van der Waals surface area (Å²) in [7, 11) is 0. The van der Waals surface area contributed by atoms with Crippen molar-refractivity contribution in [2.45, 2.75) is 25.3 Å². The molecular formula is C16H16ClF2N. The summed E-state index contributed by atoms with van der Waals surface area (Å²) >= 11 is 5.72. The molecule has 0 saturated heterocycles. The second-order valence-corrected chi connectivity index (χ2v) is 5.81. The number of hydrogen-bond acceptors (Lipinski definition) is 1. The molecule has 0 amide bonds. The lowest BCUT2D eigenvalue weighted by Gasteiger charge is -2.25. The van der Waals surface area contributed by atoms with Gasteiger partial charge in [-0.2, -0.15) is 0 Å². The molecular weight excluding hydrogens is 280 g/mol. The zero-order valence-corrected chi connectivity index (χ0v) is 11.9. The van der Waals surface area contributed by atoms with Crippen molar-refractivity contribution >= 4 is 11.6 Å². The van der Waals surface area contributed by atoms with E-state index in [2.05, 4.69) is 0 Å². The first kappa shape index (κ1) is 14.9. The fourth-order valence-electron chi connectivity index (χ4n) is 2.28. The van der Waals surface area contributed by atoms with E-state index in [4.69, 9.17) is 17.3 Å². The summed E-state index contributed by atoms with van der Waals surface area (Å²) in [6.07, 6.45) is 0.819. The lowest BCUT2D eigenvalue weighted by atomic mass is 9.87. The maximum atomic E-state index is 13.8. The highest BCUT2D eigenvalue weighted by Crippen LogP contribution is 2.21. The summed E-state index contributed by atoms with van der Waals surface area (Å²) in [5, 5.41) is 0.357. The highest BCUT2D eigenvalue weighted by Gasteiger charge is 2.21. The second kappa shape index (κ2) is 5.90. The van der Waals surface area contributed by atoms with E-state index in [-0.39, 0.29) is 11.6 Å². The third-order valence-electron chi connectivity index (χ3n) is 3.11. The molecule has 0 saturated carbocycles. The van der Waals surface area contributed by atoms with Gasteiger partial charge in [-0.3, -0.25) is 0 Å². The molecule has 0 bridgehead atoms. The Hall–Kier alpha value is -1.45. The monoisotopic (exact) mass is 295 g/mol. The minimum absolute atomic E-state index is 0.295. The molecule has 106 valence electrons. The number of nitrogens with two attached hydrogens (primary N) is 1. The summed E-state index contributed by atoms with van der Waals surface area (Å²) < 4.78 is 26.9. The van der Waals surface area contributed by atoms with Crippen LogP contribution >= 0.6 is 11.6 Å². The lowest BCUT2D eigenvalue weighted by molar-refractivity contribution is 0.450. The van der Waals surface area contributed by atoms with Crippen molar-refractivity contribution in [3.63, 3.8) is 0 Å². The van der Waals surface area contributed by atoms with E-state index in [1.165, 1.54) is 18.2 Å². The van der Waals surface area contributed by atoms with E-state index in [9.17, 15) is 8.78 Å². The number of hydrogen-bond donors (Lipinski definition) is 1. The molecule has 20 heavy (non-hydrogen) atoms. The van der Waals surface area contributed by atoms with Crippen LogP contribution in [0.15, 0.2) is 42.5 Å². The summed E-state index contributed by atoms with van der Waals surface area (Å²) in [6.45, 7) is 1.83. The standard InChI is InChI=1S/C16H16ClF2N/c1-16(20,9-11-3-2-4-14(18)7-11)10-12-5-6-13(17)8-15(12)19/h2-8H,9-10,20H2,1H3. The van der Waals surface area contributed by atoms with Gasteiger partial charge in [0, 0.05) is 10.6 Å². The predicted octanol–water partition coefficient (Wildman–Crippen LogP) is 4.12. The molecule has 0 radical (unpaired) electrons. The fraction of sp³-hybridized carbons (Fsp3) is 0.250. The van der Waals surface area contributed by atoms with Crippen molar-refractivity contribution in [1.29, 1.82) is 0 Å². The van der Waals surface area contributed by atoms with Gasteiger partial charge in [-0.05, 0) is 55.2 Å². The number of benzene rings is 2. The number of rotatable bonds is 4. The molecule has 2 rings (SSSR count). The molecule has 0 heterocycles. The SMILES string of the molecule is CC(N)(Cc1cccc(F)c1)Cc1ccc(Cl)cc1F. The van der Waals surface area contributed by atoms with E-state index in [1.54, 1.807) is 18.2 Å². The van der Waals surface area contributed by atoms with E-state index in [1.807, 2.05) is 13.0 Å². The Bertz CT molecular complexity index is 611. The van der Waals surface area contributed by atoms with Gasteiger partial charge < -0.3 is 5.73 Å². The summed E-state index contributed by atoms with van der Waals surface area (Å²) in [4.78, 5) is 0. The van der Waals surface area contributed by atoms with E-state index in [0.717, 1.165) is 5.56 Å². The van der Waals surface area contributed by atoms with Crippen LogP contribution in [0.25, 0.3) is 0 Å². The molecule has 0 aromatic heterocycles. The first-order chi connectivity index (χ1) is 9.35. The minimum Gasteiger partial charge on any atom is -0.325 e. The maximum absolute atomic E-state index is 13.8. The van der Waals surface area contributed by atoms with Gasteiger partial charge in [-0.25, -0.2) is 8.78 Å². The van der Waals surface area contributed by atoms with Gasteiger partial charge in [0.15, 0.2) is 0 Å². The predicted molar refractivity (Wildman–Crippen MR) is 77.8 cm³/mol. The van der Waals surface area contributed by atoms with Crippen LogP contribution in [0.4, 0.5) is 8.78 Å². The van der Waals surface area contributed by atoms with Crippen molar-refractivity contribution < 1.29 is 8.78 Å². The first-order valence-electron chi connectivity index (χ1n) is 6.33. The zero-order valence-electron chi connectivity index (χ0n) is 11.2. The topological polar surface area (TPSA) is 26.0 Å². The third-order valence-corrected chi connectivity index (χ3v) is 3.34. The molecule has 2 aromatic rings. The Morgan fingerprint density at radius 3 is 2.50 bits per heavy atom. The largest absolute Gasteiger partial charge is 0.325 e. The Kier molecular flexibility index (Phi) is 4.41. The molecule has 0 aliphatic heterocycles. The van der Waals surface area contributed by atoms with Crippen molar-refractivity contribution in [1.82, 2.24) is 0 Å². The molecule has 0 aliphatic rings. The Labute approximate surface area is 122 Å². The molecule has 0 spiro atoms. The van der Waals surface area contributed by atoms with Gasteiger partial charge in [0.05, 0.1) is 0 Å². The van der Waals surface area contributed by atoms with Crippen LogP contribution in [0.2, 0.25) is 5.02 Å². The third kappa shape index (κ3) is 4.02. The Balaban J connectivity index is 2.14. The molecule has 2 aromatic carbocycles. The van der Waals surface area contributed by atoms with Crippen LogP contribution in [0.5, 0.6) is 0 Å². The molecule has 4 heteroatoms. The van der Waals surface area contributed by atoms with Gasteiger partial charge in [-0.1, -0.05) is 29.8 Å². The normalized spacial score (nSPS) is 14.1. The van der Waals surface area contributed by atoms with Crippen molar-refractivity contribution in [3.05, 3.63) is 70.2 Å². The summed E-state index contributed by atoms with van der Waals surface area (Å²) in [5.41, 5.74) is 6.86. The van der Waals surface area contributed by atoms with E-state index < -0.39 is 5.54 Å². The second-order valence-electron chi connectivity index (χ2n) is 5.37. The van der Waals surface area contributed by atoms with Crippen molar-refractivity contribution in [2.24, 2.45) is 5.73 Å². The van der Waals surface area contributed by atoms with Gasteiger partial charge in [0.25, 0.3) is 0 Å². The molecule has 1 nitrogen and oxygen atoms in total. The van der Waals surface area contributed by atoms with Gasteiger partial charge in [-0.15, -0.1) is 0 Å². The zero-order chi connectivity index (χ0) is 14.8. The van der Waals surface area contributed by atoms with Crippen molar-refractivity contribution in [2.75, 3.05) is 0 Å². The van der Waals surface area contributed by atoms with Crippen LogP contribution in [0.1, 0.15) is 18.1 Å². The average Bonchev–Trinajstić information content (AvgIpc) is 2.32. The molecule has 1 unspecified atom stereocenters. The molecule has 1 atom stereocenters. The first-order valence-corrected chi connectivity index (χ1v) is 6.71. The van der Waals surface area contributed by atoms with Crippen LogP contribution in [-0.2, 0) is 12.8 Å². The van der Waals surface area contributed by atoms with Crippen LogP contribution in [0.3, 0.4) is 0 Å². The van der Waals surface area contributed by atoms with Gasteiger partial charge >= 0.3 is 0 Å². The van der Waals surface area contributed by atoms with Crippen LogP contribution in [-0.4, -0.2) is 5.54 Å². The fourth-order valence-corrected chi connectivity index (χ4v) is 2.43.